The van der Waals surface area contributed by atoms with E-state index in [1.54, 1.807) is 0 Å². The van der Waals surface area contributed by atoms with E-state index in [1.807, 2.05) is 30.3 Å². The number of aliphatic imine (C=N–C) groups is 2. The lowest BCUT2D eigenvalue weighted by Crippen LogP contribution is -2.34. The van der Waals surface area contributed by atoms with E-state index in [2.05, 4.69) is 174 Å². The molecule has 0 saturated carbocycles. The summed E-state index contributed by atoms with van der Waals surface area (Å²) in [6.45, 7) is 0. The highest BCUT2D eigenvalue weighted by Crippen LogP contribution is 2.41. The summed E-state index contributed by atoms with van der Waals surface area (Å²) in [4.78, 5) is 10.4. The highest BCUT2D eigenvalue weighted by Gasteiger charge is 2.25. The normalized spacial score (nSPS) is 14.2. The molecule has 264 valence electrons. The van der Waals surface area contributed by atoms with Crippen LogP contribution in [0.4, 0.5) is 0 Å². The van der Waals surface area contributed by atoms with Crippen molar-refractivity contribution in [1.82, 2.24) is 9.88 Å². The molecular weight excluding hydrogens is 685 g/mol. The molecule has 1 N–H and O–H groups in total. The Balaban J connectivity index is 1.10. The minimum Gasteiger partial charge on any atom is -0.453 e. The maximum Gasteiger partial charge on any atom is 0.159 e. The van der Waals surface area contributed by atoms with E-state index in [9.17, 15) is 0 Å². The van der Waals surface area contributed by atoms with Gasteiger partial charge in [0, 0.05) is 38.2 Å². The third-order valence-electron chi connectivity index (χ3n) is 10.9. The number of hydrogen-bond donors (Lipinski definition) is 1. The molecule has 5 nitrogen and oxygen atoms in total. The summed E-state index contributed by atoms with van der Waals surface area (Å²) in [5.41, 5.74) is 12.4. The molecule has 5 heteroatoms. The summed E-state index contributed by atoms with van der Waals surface area (Å²) in [7, 11) is 0. The van der Waals surface area contributed by atoms with Crippen molar-refractivity contribution in [3.63, 3.8) is 0 Å². The Kier molecular flexibility index (Phi) is 7.49. The largest absolute Gasteiger partial charge is 0.453 e. The summed E-state index contributed by atoms with van der Waals surface area (Å²) in [6.07, 6.45) is -0.396. The van der Waals surface area contributed by atoms with Crippen molar-refractivity contribution in [3.8, 4) is 27.9 Å². The first-order valence-corrected chi connectivity index (χ1v) is 18.9. The van der Waals surface area contributed by atoms with Gasteiger partial charge in [-0.05, 0) is 40.5 Å². The molecule has 0 amide bonds. The lowest BCUT2D eigenvalue weighted by molar-refractivity contribution is 0.667. The summed E-state index contributed by atoms with van der Waals surface area (Å²) >= 11 is 0. The van der Waals surface area contributed by atoms with Gasteiger partial charge in [-0.15, -0.1) is 0 Å². The molecule has 8 aromatic carbocycles. The SMILES string of the molecule is c1ccc(C2=NC(c3ccc4c5ccccc5n(-c5cccc6c5oc5c(-c7ccccc7)cccc56)c4c3)NC(c3ccccc3-c3ccccc3)=N2)cc1. The summed E-state index contributed by atoms with van der Waals surface area (Å²) in [5.74, 6) is 1.47. The molecule has 0 aliphatic carbocycles. The number of furan rings is 1. The van der Waals surface area contributed by atoms with E-state index >= 15 is 0 Å². The van der Waals surface area contributed by atoms with Crippen molar-refractivity contribution >= 4 is 55.4 Å². The Hall–Kier alpha value is -7.50. The highest BCUT2D eigenvalue weighted by atomic mass is 16.3. The molecule has 11 rings (SSSR count). The minimum atomic E-state index is -0.396. The van der Waals surface area contributed by atoms with Gasteiger partial charge in [0.25, 0.3) is 0 Å². The van der Waals surface area contributed by atoms with Crippen LogP contribution in [0.3, 0.4) is 0 Å². The highest BCUT2D eigenvalue weighted by molar-refractivity contribution is 6.16. The standard InChI is InChI=1S/C51H34N4O/c1-4-16-33(17-5-1)37-22-10-11-24-43(37)51-53-49(35-20-8-3-9-21-35)52-50(54-51)36-30-31-40-39-23-12-13-28-44(39)55(46(40)32-36)45-29-15-27-42-41-26-14-25-38(47(41)56-48(42)45)34-18-6-2-7-19-34/h1-32,50H,(H,52,53,54). The van der Waals surface area contributed by atoms with Gasteiger partial charge in [-0.25, -0.2) is 9.98 Å². The maximum absolute atomic E-state index is 6.94. The number of rotatable bonds is 6. The molecule has 1 atom stereocenters. The third kappa shape index (κ3) is 5.24. The van der Waals surface area contributed by atoms with E-state index in [1.165, 1.54) is 5.39 Å². The lowest BCUT2D eigenvalue weighted by atomic mass is 9.98. The first-order valence-electron chi connectivity index (χ1n) is 18.9. The second-order valence-electron chi connectivity index (χ2n) is 14.2. The molecule has 3 heterocycles. The fourth-order valence-electron chi connectivity index (χ4n) is 8.28. The fourth-order valence-corrected chi connectivity index (χ4v) is 8.28. The molecule has 2 aromatic heterocycles. The number of aromatic nitrogens is 1. The minimum absolute atomic E-state index is 0.396. The average molecular weight is 719 g/mol. The first-order chi connectivity index (χ1) is 27.8. The lowest BCUT2D eigenvalue weighted by Gasteiger charge is -2.25. The Morgan fingerprint density at radius 2 is 1.02 bits per heavy atom. The molecule has 1 aliphatic rings. The van der Waals surface area contributed by atoms with Crippen LogP contribution in [0.2, 0.25) is 0 Å². The van der Waals surface area contributed by atoms with Crippen LogP contribution >= 0.6 is 0 Å². The monoisotopic (exact) mass is 718 g/mol. The van der Waals surface area contributed by atoms with Gasteiger partial charge in [0.15, 0.2) is 11.4 Å². The van der Waals surface area contributed by atoms with Crippen molar-refractivity contribution < 1.29 is 4.42 Å². The molecule has 10 aromatic rings. The van der Waals surface area contributed by atoms with Gasteiger partial charge in [-0.1, -0.05) is 176 Å². The van der Waals surface area contributed by atoms with E-state index in [-0.39, 0.29) is 0 Å². The quantitative estimate of drug-likeness (QED) is 0.186. The van der Waals surface area contributed by atoms with Gasteiger partial charge >= 0.3 is 0 Å². The van der Waals surface area contributed by atoms with Crippen LogP contribution in [0.5, 0.6) is 0 Å². The van der Waals surface area contributed by atoms with Crippen LogP contribution in [-0.2, 0) is 0 Å². The van der Waals surface area contributed by atoms with Crippen molar-refractivity contribution in [2.45, 2.75) is 6.17 Å². The summed E-state index contributed by atoms with van der Waals surface area (Å²) < 4.78 is 9.29. The van der Waals surface area contributed by atoms with E-state index < -0.39 is 6.17 Å². The fraction of sp³-hybridized carbons (Fsp3) is 0.0196. The number of amidine groups is 2. The van der Waals surface area contributed by atoms with Crippen LogP contribution in [-0.4, -0.2) is 16.2 Å². The predicted molar refractivity (Wildman–Crippen MR) is 231 cm³/mol. The molecule has 0 fully saturated rings. The molecule has 0 bridgehead atoms. The van der Waals surface area contributed by atoms with Crippen LogP contribution in [0.15, 0.2) is 209 Å². The van der Waals surface area contributed by atoms with Crippen LogP contribution in [0, 0.1) is 0 Å². The van der Waals surface area contributed by atoms with E-state index in [0.717, 1.165) is 88.8 Å². The topological polar surface area (TPSA) is 54.8 Å². The summed E-state index contributed by atoms with van der Waals surface area (Å²) in [5, 5.41) is 8.28. The number of nitrogens with zero attached hydrogens (tertiary/aromatic N) is 3. The van der Waals surface area contributed by atoms with Crippen LogP contribution in [0.25, 0.3) is 71.7 Å². The number of benzene rings is 8. The summed E-state index contributed by atoms with van der Waals surface area (Å²) in [6, 6.07) is 67.9. The zero-order valence-electron chi connectivity index (χ0n) is 30.3. The molecule has 0 spiro atoms. The van der Waals surface area contributed by atoms with Gasteiger partial charge in [0.05, 0.1) is 16.7 Å². The zero-order chi connectivity index (χ0) is 37.0. The Morgan fingerprint density at radius 1 is 0.446 bits per heavy atom. The number of para-hydroxylation sites is 3. The first kappa shape index (κ1) is 32.0. The number of hydrogen-bond acceptors (Lipinski definition) is 4. The smallest absolute Gasteiger partial charge is 0.159 e. The second-order valence-corrected chi connectivity index (χ2v) is 14.2. The molecule has 56 heavy (non-hydrogen) atoms. The van der Waals surface area contributed by atoms with Gasteiger partial charge in [-0.3, -0.25) is 0 Å². The molecule has 0 saturated heterocycles. The van der Waals surface area contributed by atoms with Gasteiger partial charge in [0.1, 0.15) is 17.6 Å². The van der Waals surface area contributed by atoms with Crippen LogP contribution < -0.4 is 5.32 Å². The number of nitrogens with one attached hydrogen (secondary N) is 1. The maximum atomic E-state index is 6.94. The Morgan fingerprint density at radius 3 is 1.79 bits per heavy atom. The second kappa shape index (κ2) is 13.1. The average Bonchev–Trinajstić information content (AvgIpc) is 3.83. The van der Waals surface area contributed by atoms with E-state index in [4.69, 9.17) is 14.4 Å². The van der Waals surface area contributed by atoms with Gasteiger partial charge in [0.2, 0.25) is 0 Å². The molecule has 1 unspecified atom stereocenters. The van der Waals surface area contributed by atoms with Crippen molar-refractivity contribution in [3.05, 3.63) is 211 Å². The zero-order valence-corrected chi connectivity index (χ0v) is 30.3. The molecule has 0 radical (unpaired) electrons. The van der Waals surface area contributed by atoms with Gasteiger partial charge < -0.3 is 14.3 Å². The third-order valence-corrected chi connectivity index (χ3v) is 10.9. The molecular formula is C51H34N4O. The van der Waals surface area contributed by atoms with Crippen molar-refractivity contribution in [2.75, 3.05) is 0 Å². The Bertz CT molecular complexity index is 3160. The Labute approximate surface area is 323 Å². The predicted octanol–water partition coefficient (Wildman–Crippen LogP) is 12.5. The van der Waals surface area contributed by atoms with E-state index in [0.29, 0.717) is 5.84 Å². The molecule has 1 aliphatic heterocycles. The van der Waals surface area contributed by atoms with Crippen LogP contribution in [0.1, 0.15) is 22.9 Å². The van der Waals surface area contributed by atoms with Crippen molar-refractivity contribution in [1.29, 1.82) is 0 Å². The van der Waals surface area contributed by atoms with Gasteiger partial charge in [-0.2, -0.15) is 0 Å². The van der Waals surface area contributed by atoms with Crippen molar-refractivity contribution in [2.24, 2.45) is 9.98 Å². The number of fused-ring (bicyclic) bond motifs is 6.